The zero-order valence-corrected chi connectivity index (χ0v) is 16.1. The Balaban J connectivity index is 2.02. The summed E-state index contributed by atoms with van der Waals surface area (Å²) in [5.41, 5.74) is 1.14. The number of halogens is 1. The molecule has 0 bridgehead atoms. The Bertz CT molecular complexity index is 496. The number of rotatable bonds is 9. The van der Waals surface area contributed by atoms with Gasteiger partial charge in [-0.3, -0.25) is 4.90 Å². The molecule has 0 saturated carbocycles. The molecule has 23 heavy (non-hydrogen) atoms. The first-order chi connectivity index (χ1) is 11.2. The van der Waals surface area contributed by atoms with E-state index in [1.807, 2.05) is 12.1 Å². The SMILES string of the molecule is CCCOc1c(OC)ccc(Br)c1CNCC1CCCN1CC. The van der Waals surface area contributed by atoms with Gasteiger partial charge in [-0.1, -0.05) is 29.8 Å². The van der Waals surface area contributed by atoms with Crippen LogP contribution in [0.4, 0.5) is 0 Å². The van der Waals surface area contributed by atoms with Crippen LogP contribution in [-0.4, -0.2) is 44.3 Å². The lowest BCUT2D eigenvalue weighted by Gasteiger charge is -2.23. The van der Waals surface area contributed by atoms with Crippen LogP contribution in [0, 0.1) is 0 Å². The summed E-state index contributed by atoms with van der Waals surface area (Å²) in [6.45, 7) is 9.23. The summed E-state index contributed by atoms with van der Waals surface area (Å²) >= 11 is 3.66. The number of benzene rings is 1. The lowest BCUT2D eigenvalue weighted by atomic mass is 10.1. The predicted molar refractivity (Wildman–Crippen MR) is 98.5 cm³/mol. The van der Waals surface area contributed by atoms with Gasteiger partial charge in [0.1, 0.15) is 0 Å². The molecule has 1 unspecified atom stereocenters. The van der Waals surface area contributed by atoms with Crippen molar-refractivity contribution in [2.45, 2.75) is 45.7 Å². The van der Waals surface area contributed by atoms with Crippen LogP contribution in [-0.2, 0) is 6.54 Å². The topological polar surface area (TPSA) is 33.7 Å². The van der Waals surface area contributed by atoms with Crippen LogP contribution in [0.1, 0.15) is 38.7 Å². The molecule has 0 radical (unpaired) electrons. The van der Waals surface area contributed by atoms with E-state index in [1.165, 1.54) is 19.4 Å². The molecule has 1 aliphatic heterocycles. The Morgan fingerprint density at radius 2 is 2.17 bits per heavy atom. The van der Waals surface area contributed by atoms with E-state index in [9.17, 15) is 0 Å². The van der Waals surface area contributed by atoms with Crippen molar-refractivity contribution in [2.75, 3.05) is 33.4 Å². The maximum atomic E-state index is 5.95. The molecule has 1 fully saturated rings. The lowest BCUT2D eigenvalue weighted by molar-refractivity contribution is 0.258. The molecule has 5 heteroatoms. The Morgan fingerprint density at radius 3 is 2.87 bits per heavy atom. The van der Waals surface area contributed by atoms with Crippen molar-refractivity contribution in [3.8, 4) is 11.5 Å². The molecular formula is C18H29BrN2O2. The number of likely N-dealkylation sites (tertiary alicyclic amines) is 1. The maximum Gasteiger partial charge on any atom is 0.166 e. The molecule has 0 aliphatic carbocycles. The van der Waals surface area contributed by atoms with E-state index in [0.29, 0.717) is 12.6 Å². The molecule has 1 heterocycles. The molecule has 1 N–H and O–H groups in total. The average molecular weight is 385 g/mol. The Kier molecular flexibility index (Phi) is 7.66. The first-order valence-electron chi connectivity index (χ1n) is 8.64. The summed E-state index contributed by atoms with van der Waals surface area (Å²) in [6.07, 6.45) is 3.59. The highest BCUT2D eigenvalue weighted by Gasteiger charge is 2.22. The Labute approximate surface area is 148 Å². The summed E-state index contributed by atoms with van der Waals surface area (Å²) in [5.74, 6) is 1.66. The van der Waals surface area contributed by atoms with Gasteiger partial charge in [0.2, 0.25) is 0 Å². The van der Waals surface area contributed by atoms with Gasteiger partial charge in [0.25, 0.3) is 0 Å². The standard InChI is InChI=1S/C18H29BrN2O2/c1-4-11-23-18-15(16(19)8-9-17(18)22-3)13-20-12-14-7-6-10-21(14)5-2/h8-9,14,20H,4-7,10-13H2,1-3H3. The second-order valence-electron chi connectivity index (χ2n) is 5.96. The van der Waals surface area contributed by atoms with Crippen LogP contribution in [0.3, 0.4) is 0 Å². The van der Waals surface area contributed by atoms with Crippen molar-refractivity contribution in [3.63, 3.8) is 0 Å². The van der Waals surface area contributed by atoms with Gasteiger partial charge in [-0.15, -0.1) is 0 Å². The van der Waals surface area contributed by atoms with Crippen molar-refractivity contribution in [1.82, 2.24) is 10.2 Å². The minimum Gasteiger partial charge on any atom is -0.493 e. The Hall–Kier alpha value is -0.780. The lowest BCUT2D eigenvalue weighted by Crippen LogP contribution is -2.37. The quantitative estimate of drug-likeness (QED) is 0.701. The van der Waals surface area contributed by atoms with Crippen molar-refractivity contribution < 1.29 is 9.47 Å². The molecule has 130 valence electrons. The fourth-order valence-corrected chi connectivity index (χ4v) is 3.63. The van der Waals surface area contributed by atoms with Gasteiger partial charge < -0.3 is 14.8 Å². The van der Waals surface area contributed by atoms with Gasteiger partial charge in [0, 0.05) is 29.2 Å². The van der Waals surface area contributed by atoms with E-state index in [4.69, 9.17) is 9.47 Å². The number of nitrogens with zero attached hydrogens (tertiary/aromatic N) is 1. The van der Waals surface area contributed by atoms with Gasteiger partial charge in [0.05, 0.1) is 13.7 Å². The average Bonchev–Trinajstić information content (AvgIpc) is 3.02. The summed E-state index contributed by atoms with van der Waals surface area (Å²) in [4.78, 5) is 2.56. The van der Waals surface area contributed by atoms with Gasteiger partial charge in [-0.2, -0.15) is 0 Å². The minimum absolute atomic E-state index is 0.657. The molecule has 1 aromatic carbocycles. The zero-order valence-electron chi connectivity index (χ0n) is 14.5. The predicted octanol–water partition coefficient (Wildman–Crippen LogP) is 3.82. The highest BCUT2D eigenvalue weighted by molar-refractivity contribution is 9.10. The van der Waals surface area contributed by atoms with Crippen LogP contribution in [0.5, 0.6) is 11.5 Å². The third kappa shape index (κ3) is 4.85. The van der Waals surface area contributed by atoms with Crippen LogP contribution in [0.2, 0.25) is 0 Å². The molecule has 1 aromatic rings. The van der Waals surface area contributed by atoms with Crippen LogP contribution >= 0.6 is 15.9 Å². The van der Waals surface area contributed by atoms with Crippen molar-refractivity contribution in [1.29, 1.82) is 0 Å². The second kappa shape index (κ2) is 9.50. The number of ether oxygens (including phenoxy) is 2. The highest BCUT2D eigenvalue weighted by Crippen LogP contribution is 2.36. The van der Waals surface area contributed by atoms with Crippen molar-refractivity contribution in [2.24, 2.45) is 0 Å². The molecule has 1 aliphatic rings. The van der Waals surface area contributed by atoms with Crippen LogP contribution in [0.25, 0.3) is 0 Å². The zero-order chi connectivity index (χ0) is 16.7. The highest BCUT2D eigenvalue weighted by atomic mass is 79.9. The fourth-order valence-electron chi connectivity index (χ4n) is 3.18. The maximum absolute atomic E-state index is 5.95. The molecule has 1 atom stereocenters. The summed E-state index contributed by atoms with van der Waals surface area (Å²) in [5, 5.41) is 3.61. The van der Waals surface area contributed by atoms with Crippen LogP contribution in [0.15, 0.2) is 16.6 Å². The van der Waals surface area contributed by atoms with Crippen molar-refractivity contribution in [3.05, 3.63) is 22.2 Å². The van der Waals surface area contributed by atoms with Gasteiger partial charge in [-0.25, -0.2) is 0 Å². The first-order valence-corrected chi connectivity index (χ1v) is 9.43. The summed E-state index contributed by atoms with van der Waals surface area (Å²) < 4.78 is 12.5. The number of hydrogen-bond donors (Lipinski definition) is 1. The third-order valence-electron chi connectivity index (χ3n) is 4.42. The number of likely N-dealkylation sites (N-methyl/N-ethyl adjacent to an activating group) is 1. The molecular weight excluding hydrogens is 356 g/mol. The number of methoxy groups -OCH3 is 1. The van der Waals surface area contributed by atoms with E-state index in [-0.39, 0.29) is 0 Å². The molecule has 2 rings (SSSR count). The Morgan fingerprint density at radius 1 is 1.35 bits per heavy atom. The summed E-state index contributed by atoms with van der Waals surface area (Å²) in [6, 6.07) is 4.64. The van der Waals surface area contributed by atoms with E-state index < -0.39 is 0 Å². The first kappa shape index (κ1) is 18.6. The normalized spacial score (nSPS) is 18.3. The van der Waals surface area contributed by atoms with E-state index in [1.54, 1.807) is 7.11 Å². The molecule has 1 saturated heterocycles. The summed E-state index contributed by atoms with van der Waals surface area (Å²) in [7, 11) is 1.69. The van der Waals surface area contributed by atoms with Gasteiger partial charge in [0.15, 0.2) is 11.5 Å². The second-order valence-corrected chi connectivity index (χ2v) is 6.82. The monoisotopic (exact) mass is 384 g/mol. The van der Waals surface area contributed by atoms with Crippen LogP contribution < -0.4 is 14.8 Å². The van der Waals surface area contributed by atoms with Crippen molar-refractivity contribution >= 4 is 15.9 Å². The molecule has 0 spiro atoms. The molecule has 0 amide bonds. The number of hydrogen-bond acceptors (Lipinski definition) is 4. The largest absolute Gasteiger partial charge is 0.493 e. The van der Waals surface area contributed by atoms with Gasteiger partial charge in [-0.05, 0) is 44.5 Å². The fraction of sp³-hybridized carbons (Fsp3) is 0.667. The molecule has 0 aromatic heterocycles. The van der Waals surface area contributed by atoms with E-state index >= 15 is 0 Å². The number of nitrogens with one attached hydrogen (secondary N) is 1. The third-order valence-corrected chi connectivity index (χ3v) is 5.17. The minimum atomic E-state index is 0.657. The van der Waals surface area contributed by atoms with E-state index in [2.05, 4.69) is 40.0 Å². The molecule has 4 nitrogen and oxygen atoms in total. The van der Waals surface area contributed by atoms with Gasteiger partial charge >= 0.3 is 0 Å². The van der Waals surface area contributed by atoms with E-state index in [0.717, 1.165) is 47.6 Å². The smallest absolute Gasteiger partial charge is 0.166 e.